The van der Waals surface area contributed by atoms with Crippen molar-refractivity contribution in [2.24, 2.45) is 5.92 Å². The highest BCUT2D eigenvalue weighted by Crippen LogP contribution is 2.29. The molecule has 2 aromatic heterocycles. The van der Waals surface area contributed by atoms with Crippen LogP contribution in [0.15, 0.2) is 41.9 Å². The Morgan fingerprint density at radius 2 is 2.14 bits per heavy atom. The first-order valence-corrected chi connectivity index (χ1v) is 12.0. The quantitative estimate of drug-likeness (QED) is 0.429. The fourth-order valence-electron chi connectivity index (χ4n) is 3.57. The molecule has 0 radical (unpaired) electrons. The van der Waals surface area contributed by atoms with E-state index in [0.717, 1.165) is 0 Å². The van der Waals surface area contributed by atoms with Crippen LogP contribution in [-0.2, 0) is 19.7 Å². The number of benzene rings is 1. The van der Waals surface area contributed by atoms with Crippen LogP contribution in [0.25, 0.3) is 17.1 Å². The first kappa shape index (κ1) is 25.5. The number of halogens is 3. The molecule has 1 aliphatic heterocycles. The minimum absolute atomic E-state index is 0.0427. The molecule has 0 aliphatic carbocycles. The van der Waals surface area contributed by atoms with Gasteiger partial charge in [0.15, 0.2) is 11.6 Å². The Bertz CT molecular complexity index is 1360. The standard InChI is InChI=1S/C20H21F3N8O4S/c1-12-2-3-14(6-15(12)16-8-27-17(24)18(29-16)30-11-26-10-28-30)36(33,34)31(9-13-4-5-25-7-13)35-19(32)20(21,22)23/h2-3,6,8,10-11,13,25H,4-5,7,9H2,1H3,(H2,24,27)/t13-/m0/s1. The van der Waals surface area contributed by atoms with Crippen molar-refractivity contribution in [1.29, 1.82) is 0 Å². The van der Waals surface area contributed by atoms with Crippen molar-refractivity contribution in [3.05, 3.63) is 42.6 Å². The highest BCUT2D eigenvalue weighted by atomic mass is 32.2. The molecular formula is C20H21F3N8O4S. The van der Waals surface area contributed by atoms with E-state index in [4.69, 9.17) is 5.73 Å². The summed E-state index contributed by atoms with van der Waals surface area (Å²) in [5.74, 6) is -2.79. The van der Waals surface area contributed by atoms with Crippen molar-refractivity contribution in [1.82, 2.24) is 34.5 Å². The van der Waals surface area contributed by atoms with Crippen LogP contribution >= 0.6 is 0 Å². The fraction of sp³-hybridized carbons (Fsp3) is 0.350. The summed E-state index contributed by atoms with van der Waals surface area (Å²) >= 11 is 0. The predicted octanol–water partition coefficient (Wildman–Crippen LogP) is 1.24. The van der Waals surface area contributed by atoms with E-state index in [1.54, 1.807) is 6.92 Å². The Labute approximate surface area is 203 Å². The number of nitrogens with zero attached hydrogens (tertiary/aromatic N) is 6. The van der Waals surface area contributed by atoms with Gasteiger partial charge in [0.05, 0.1) is 23.3 Å². The normalized spacial score (nSPS) is 16.4. The first-order chi connectivity index (χ1) is 17.0. The molecule has 1 fully saturated rings. The third kappa shape index (κ3) is 5.29. The van der Waals surface area contributed by atoms with Gasteiger partial charge in [-0.3, -0.25) is 0 Å². The van der Waals surface area contributed by atoms with Crippen LogP contribution < -0.4 is 11.1 Å². The van der Waals surface area contributed by atoms with Gasteiger partial charge < -0.3 is 15.9 Å². The Balaban J connectivity index is 1.73. The summed E-state index contributed by atoms with van der Waals surface area (Å²) in [5, 5.41) is 6.95. The summed E-state index contributed by atoms with van der Waals surface area (Å²) in [5.41, 5.74) is 7.02. The van der Waals surface area contributed by atoms with Gasteiger partial charge >= 0.3 is 12.1 Å². The van der Waals surface area contributed by atoms with Crippen LogP contribution in [0.3, 0.4) is 0 Å². The maximum absolute atomic E-state index is 13.4. The number of aryl methyl sites for hydroxylation is 1. The van der Waals surface area contributed by atoms with E-state index in [-0.39, 0.29) is 27.7 Å². The summed E-state index contributed by atoms with van der Waals surface area (Å²) in [6, 6.07) is 3.88. The molecule has 0 saturated carbocycles. The van der Waals surface area contributed by atoms with Crippen molar-refractivity contribution >= 4 is 21.8 Å². The Kier molecular flexibility index (Phi) is 6.92. The van der Waals surface area contributed by atoms with Gasteiger partial charge in [0.25, 0.3) is 10.0 Å². The van der Waals surface area contributed by atoms with Gasteiger partial charge in [-0.05, 0) is 54.5 Å². The summed E-state index contributed by atoms with van der Waals surface area (Å²) in [6.07, 6.45) is -0.940. The SMILES string of the molecule is Cc1ccc(S(=O)(=O)N(C[C@H]2CCNC2)OC(=O)C(F)(F)F)cc1-c1cnc(N)c(-n2cncn2)n1. The lowest BCUT2D eigenvalue weighted by atomic mass is 10.1. The number of hydroxylamine groups is 1. The molecule has 1 saturated heterocycles. The number of aromatic nitrogens is 5. The van der Waals surface area contributed by atoms with Crippen molar-refractivity contribution in [2.75, 3.05) is 25.4 Å². The smallest absolute Gasteiger partial charge is 0.381 e. The Hall–Kier alpha value is -3.63. The van der Waals surface area contributed by atoms with Gasteiger partial charge in [-0.15, -0.1) is 0 Å². The van der Waals surface area contributed by atoms with Crippen LogP contribution in [0, 0.1) is 12.8 Å². The maximum Gasteiger partial charge on any atom is 0.492 e. The first-order valence-electron chi connectivity index (χ1n) is 10.6. The molecular weight excluding hydrogens is 505 g/mol. The molecule has 3 heterocycles. The average molecular weight is 527 g/mol. The summed E-state index contributed by atoms with van der Waals surface area (Å²) < 4.78 is 66.8. The lowest BCUT2D eigenvalue weighted by Gasteiger charge is -2.24. The molecule has 0 spiro atoms. The molecule has 3 N–H and O–H groups in total. The second kappa shape index (κ2) is 9.79. The Morgan fingerprint density at radius 1 is 1.36 bits per heavy atom. The molecule has 0 bridgehead atoms. The number of alkyl halides is 3. The van der Waals surface area contributed by atoms with Crippen LogP contribution in [-0.4, -0.2) is 69.4 Å². The number of nitrogens with two attached hydrogens (primary N) is 1. The van der Waals surface area contributed by atoms with E-state index in [1.165, 1.54) is 41.7 Å². The van der Waals surface area contributed by atoms with E-state index < -0.39 is 33.6 Å². The third-order valence-corrected chi connectivity index (χ3v) is 7.06. The summed E-state index contributed by atoms with van der Waals surface area (Å²) in [4.78, 5) is 27.8. The average Bonchev–Trinajstić information content (AvgIpc) is 3.53. The zero-order chi connectivity index (χ0) is 26.1. The van der Waals surface area contributed by atoms with Gasteiger partial charge in [-0.2, -0.15) is 23.0 Å². The molecule has 12 nitrogen and oxygen atoms in total. The second-order valence-corrected chi connectivity index (χ2v) is 9.84. The number of sulfonamides is 1. The molecule has 36 heavy (non-hydrogen) atoms. The zero-order valence-corrected chi connectivity index (χ0v) is 19.6. The van der Waals surface area contributed by atoms with Crippen molar-refractivity contribution < 1.29 is 31.2 Å². The number of carbonyl (C=O) groups is 1. The third-order valence-electron chi connectivity index (χ3n) is 5.45. The number of hydrogen-bond donors (Lipinski definition) is 2. The minimum atomic E-state index is -5.38. The predicted molar refractivity (Wildman–Crippen MR) is 119 cm³/mol. The molecule has 1 aromatic carbocycles. The number of carbonyl (C=O) groups excluding carboxylic acids is 1. The van der Waals surface area contributed by atoms with Gasteiger partial charge in [-0.1, -0.05) is 6.07 Å². The molecule has 3 aromatic rings. The monoisotopic (exact) mass is 526 g/mol. The maximum atomic E-state index is 13.4. The molecule has 192 valence electrons. The van der Waals surface area contributed by atoms with Crippen LogP contribution in [0.1, 0.15) is 12.0 Å². The molecule has 1 aliphatic rings. The van der Waals surface area contributed by atoms with E-state index >= 15 is 0 Å². The van der Waals surface area contributed by atoms with Crippen LogP contribution in [0.5, 0.6) is 0 Å². The summed E-state index contributed by atoms with van der Waals surface area (Å²) in [6.45, 7) is 2.16. The van der Waals surface area contributed by atoms with E-state index in [9.17, 15) is 26.4 Å². The topological polar surface area (TPSA) is 158 Å². The van der Waals surface area contributed by atoms with Crippen molar-refractivity contribution in [3.8, 4) is 17.1 Å². The van der Waals surface area contributed by atoms with Gasteiger partial charge in [-0.25, -0.2) is 28.2 Å². The van der Waals surface area contributed by atoms with Gasteiger partial charge in [0.1, 0.15) is 12.7 Å². The van der Waals surface area contributed by atoms with Crippen molar-refractivity contribution in [3.63, 3.8) is 0 Å². The number of rotatable bonds is 7. The molecule has 4 rings (SSSR count). The Morgan fingerprint density at radius 3 is 2.78 bits per heavy atom. The lowest BCUT2D eigenvalue weighted by Crippen LogP contribution is -2.41. The zero-order valence-electron chi connectivity index (χ0n) is 18.8. The van der Waals surface area contributed by atoms with E-state index in [0.29, 0.717) is 30.6 Å². The second-order valence-electron chi connectivity index (χ2n) is 8.01. The number of nitrogens with one attached hydrogen (secondary N) is 1. The highest BCUT2D eigenvalue weighted by molar-refractivity contribution is 7.89. The molecule has 0 unspecified atom stereocenters. The molecule has 0 amide bonds. The van der Waals surface area contributed by atoms with E-state index in [1.807, 2.05) is 0 Å². The number of nitrogen functional groups attached to an aromatic ring is 1. The van der Waals surface area contributed by atoms with Crippen molar-refractivity contribution in [2.45, 2.75) is 24.4 Å². The number of hydrogen-bond acceptors (Lipinski definition) is 10. The van der Waals surface area contributed by atoms with Gasteiger partial charge in [0.2, 0.25) is 0 Å². The minimum Gasteiger partial charge on any atom is -0.381 e. The number of anilines is 1. The van der Waals surface area contributed by atoms with Gasteiger partial charge in [0, 0.05) is 5.56 Å². The lowest BCUT2D eigenvalue weighted by molar-refractivity contribution is -0.223. The van der Waals surface area contributed by atoms with Crippen LogP contribution in [0.2, 0.25) is 0 Å². The largest absolute Gasteiger partial charge is 0.492 e. The highest BCUT2D eigenvalue weighted by Gasteiger charge is 2.45. The molecule has 1 atom stereocenters. The van der Waals surface area contributed by atoms with E-state index in [2.05, 4.69) is 30.2 Å². The van der Waals surface area contributed by atoms with Crippen LogP contribution in [0.4, 0.5) is 19.0 Å². The molecule has 16 heteroatoms. The summed E-state index contributed by atoms with van der Waals surface area (Å²) in [7, 11) is -4.69. The fourth-order valence-corrected chi connectivity index (χ4v) is 4.88.